The molecule has 6 heteroatoms. The molecule has 1 aromatic heterocycles. The summed E-state index contributed by atoms with van der Waals surface area (Å²) in [5.41, 5.74) is 0.426. The van der Waals surface area contributed by atoms with Gasteiger partial charge in [-0.1, -0.05) is 33.0 Å². The molecule has 0 aliphatic carbocycles. The number of hydrogen-bond acceptors (Lipinski definition) is 2. The molecule has 1 heterocycles. The predicted octanol–water partition coefficient (Wildman–Crippen LogP) is 4.83. The average Bonchev–Trinajstić information content (AvgIpc) is 2.39. The average molecular weight is 312 g/mol. The molecule has 2 aromatic rings. The molecule has 0 fully saturated rings. The SMILES string of the molecule is Cc1c(-c2ccc(F)c(F)c2F)[nH]c(C(C)(C)C)nc1=S. The minimum absolute atomic E-state index is 0.0644. The number of hydrogen-bond donors (Lipinski definition) is 1. The van der Waals surface area contributed by atoms with Crippen molar-refractivity contribution >= 4 is 12.2 Å². The molecule has 2 nitrogen and oxygen atoms in total. The lowest BCUT2D eigenvalue weighted by Gasteiger charge is -2.20. The number of halogens is 3. The maximum atomic E-state index is 14.0. The molecule has 1 N–H and O–H groups in total. The van der Waals surface area contributed by atoms with Crippen LogP contribution in [-0.2, 0) is 5.41 Å². The van der Waals surface area contributed by atoms with E-state index in [4.69, 9.17) is 12.2 Å². The second-order valence-corrected chi connectivity index (χ2v) is 6.25. The Morgan fingerprint density at radius 3 is 2.29 bits per heavy atom. The first-order chi connectivity index (χ1) is 9.62. The Balaban J connectivity index is 2.78. The van der Waals surface area contributed by atoms with Crippen LogP contribution in [0.1, 0.15) is 32.2 Å². The van der Waals surface area contributed by atoms with Crippen molar-refractivity contribution in [1.82, 2.24) is 9.97 Å². The fraction of sp³-hybridized carbons (Fsp3) is 0.333. The van der Waals surface area contributed by atoms with Crippen LogP contribution in [0.15, 0.2) is 12.1 Å². The van der Waals surface area contributed by atoms with E-state index in [9.17, 15) is 13.2 Å². The molecule has 2 rings (SSSR count). The lowest BCUT2D eigenvalue weighted by atomic mass is 9.95. The summed E-state index contributed by atoms with van der Waals surface area (Å²) in [5, 5.41) is 0. The molecule has 112 valence electrons. The Bertz CT molecular complexity index is 761. The quantitative estimate of drug-likeness (QED) is 0.603. The van der Waals surface area contributed by atoms with E-state index in [1.54, 1.807) is 6.92 Å². The van der Waals surface area contributed by atoms with Crippen LogP contribution < -0.4 is 0 Å². The highest BCUT2D eigenvalue weighted by atomic mass is 32.1. The molecule has 0 aliphatic rings. The van der Waals surface area contributed by atoms with Crippen LogP contribution in [0, 0.1) is 29.0 Å². The molecule has 0 bridgehead atoms. The Labute approximate surface area is 126 Å². The second kappa shape index (κ2) is 5.26. The predicted molar refractivity (Wildman–Crippen MR) is 78.2 cm³/mol. The normalized spacial score (nSPS) is 11.8. The lowest BCUT2D eigenvalue weighted by molar-refractivity contribution is 0.448. The van der Waals surface area contributed by atoms with Crippen molar-refractivity contribution in [2.24, 2.45) is 0 Å². The molecule has 0 amide bonds. The van der Waals surface area contributed by atoms with Crippen LogP contribution in [0.5, 0.6) is 0 Å². The molecule has 0 atom stereocenters. The number of nitrogens with zero attached hydrogens (tertiary/aromatic N) is 1. The molecule has 0 radical (unpaired) electrons. The molecule has 0 aliphatic heterocycles. The van der Waals surface area contributed by atoms with Crippen molar-refractivity contribution in [1.29, 1.82) is 0 Å². The van der Waals surface area contributed by atoms with Gasteiger partial charge in [-0.2, -0.15) is 0 Å². The van der Waals surface area contributed by atoms with Gasteiger partial charge in [-0.3, -0.25) is 0 Å². The van der Waals surface area contributed by atoms with E-state index in [2.05, 4.69) is 9.97 Å². The van der Waals surface area contributed by atoms with E-state index >= 15 is 0 Å². The highest BCUT2D eigenvalue weighted by Gasteiger charge is 2.21. The Kier molecular flexibility index (Phi) is 3.93. The molecular weight excluding hydrogens is 297 g/mol. The zero-order chi connectivity index (χ0) is 15.9. The summed E-state index contributed by atoms with van der Waals surface area (Å²) in [5.74, 6) is -3.41. The van der Waals surface area contributed by atoms with E-state index in [1.165, 1.54) is 6.07 Å². The summed E-state index contributed by atoms with van der Waals surface area (Å²) in [6.07, 6.45) is 0. The van der Waals surface area contributed by atoms with Crippen LogP contribution >= 0.6 is 12.2 Å². The van der Waals surface area contributed by atoms with Crippen LogP contribution in [-0.4, -0.2) is 9.97 Å². The summed E-state index contributed by atoms with van der Waals surface area (Å²) >= 11 is 5.18. The first-order valence-electron chi connectivity index (χ1n) is 6.38. The Morgan fingerprint density at radius 2 is 1.71 bits per heavy atom. The van der Waals surface area contributed by atoms with Gasteiger partial charge in [0.15, 0.2) is 17.5 Å². The van der Waals surface area contributed by atoms with Crippen molar-refractivity contribution in [2.45, 2.75) is 33.1 Å². The summed E-state index contributed by atoms with van der Waals surface area (Å²) in [4.78, 5) is 7.26. The largest absolute Gasteiger partial charge is 0.342 e. The second-order valence-electron chi connectivity index (χ2n) is 5.86. The maximum absolute atomic E-state index is 14.0. The number of aromatic amines is 1. The number of aromatic nitrogens is 2. The van der Waals surface area contributed by atoms with E-state index in [-0.39, 0.29) is 11.0 Å². The Morgan fingerprint density at radius 1 is 1.10 bits per heavy atom. The van der Waals surface area contributed by atoms with Gasteiger partial charge in [0.2, 0.25) is 0 Å². The fourth-order valence-electron chi connectivity index (χ4n) is 1.88. The highest BCUT2D eigenvalue weighted by molar-refractivity contribution is 7.71. The molecule has 0 saturated carbocycles. The summed E-state index contributed by atoms with van der Waals surface area (Å²) < 4.78 is 40.8. The first kappa shape index (κ1) is 15.7. The van der Waals surface area contributed by atoms with E-state index in [0.29, 0.717) is 21.7 Å². The van der Waals surface area contributed by atoms with Crippen molar-refractivity contribution in [3.63, 3.8) is 0 Å². The minimum atomic E-state index is -1.50. The van der Waals surface area contributed by atoms with Crippen LogP contribution in [0.3, 0.4) is 0 Å². The molecule has 1 aromatic carbocycles. The highest BCUT2D eigenvalue weighted by Crippen LogP contribution is 2.29. The number of H-pyrrole nitrogens is 1. The summed E-state index contributed by atoms with van der Waals surface area (Å²) in [6, 6.07) is 2.08. The standard InChI is InChI=1S/C15H15F3N2S/c1-7-12(8-5-6-9(16)11(18)10(8)17)19-14(15(2,3)4)20-13(7)21/h5-6H,1-4H3,(H,19,20,21). The molecular formula is C15H15F3N2S. The van der Waals surface area contributed by atoms with Gasteiger partial charge in [-0.25, -0.2) is 18.2 Å². The summed E-state index contributed by atoms with van der Waals surface area (Å²) in [6.45, 7) is 7.41. The van der Waals surface area contributed by atoms with Crippen molar-refractivity contribution in [3.8, 4) is 11.3 Å². The van der Waals surface area contributed by atoms with E-state index in [0.717, 1.165) is 6.07 Å². The van der Waals surface area contributed by atoms with Crippen LogP contribution in [0.4, 0.5) is 13.2 Å². The van der Waals surface area contributed by atoms with Gasteiger partial charge in [-0.15, -0.1) is 0 Å². The lowest BCUT2D eigenvalue weighted by Crippen LogP contribution is -2.17. The van der Waals surface area contributed by atoms with Crippen molar-refractivity contribution in [2.75, 3.05) is 0 Å². The van der Waals surface area contributed by atoms with Crippen LogP contribution in [0.2, 0.25) is 0 Å². The van der Waals surface area contributed by atoms with Gasteiger partial charge in [0.05, 0.1) is 5.69 Å². The summed E-state index contributed by atoms with van der Waals surface area (Å²) in [7, 11) is 0. The van der Waals surface area contributed by atoms with E-state index < -0.39 is 17.5 Å². The zero-order valence-corrected chi connectivity index (χ0v) is 13.0. The van der Waals surface area contributed by atoms with Gasteiger partial charge in [0.25, 0.3) is 0 Å². The molecule has 0 unspecified atom stereocenters. The van der Waals surface area contributed by atoms with Gasteiger partial charge in [-0.05, 0) is 19.1 Å². The smallest absolute Gasteiger partial charge is 0.195 e. The number of rotatable bonds is 1. The van der Waals surface area contributed by atoms with Gasteiger partial charge in [0.1, 0.15) is 10.5 Å². The van der Waals surface area contributed by atoms with E-state index in [1.807, 2.05) is 20.8 Å². The Hall–Kier alpha value is -1.69. The molecule has 0 spiro atoms. The zero-order valence-electron chi connectivity index (χ0n) is 12.1. The maximum Gasteiger partial charge on any atom is 0.195 e. The minimum Gasteiger partial charge on any atom is -0.342 e. The van der Waals surface area contributed by atoms with Crippen LogP contribution in [0.25, 0.3) is 11.3 Å². The topological polar surface area (TPSA) is 28.7 Å². The number of benzene rings is 1. The third-order valence-corrected chi connectivity index (χ3v) is 3.56. The van der Waals surface area contributed by atoms with Gasteiger partial charge < -0.3 is 4.98 Å². The van der Waals surface area contributed by atoms with Gasteiger partial charge in [0, 0.05) is 16.5 Å². The number of nitrogens with one attached hydrogen (secondary N) is 1. The molecule has 0 saturated heterocycles. The van der Waals surface area contributed by atoms with Crippen molar-refractivity contribution < 1.29 is 13.2 Å². The third-order valence-electron chi connectivity index (χ3n) is 3.17. The van der Waals surface area contributed by atoms with Crippen molar-refractivity contribution in [3.05, 3.63) is 45.6 Å². The third kappa shape index (κ3) is 2.85. The van der Waals surface area contributed by atoms with Gasteiger partial charge >= 0.3 is 0 Å². The monoisotopic (exact) mass is 312 g/mol. The fourth-order valence-corrected chi connectivity index (χ4v) is 2.07. The first-order valence-corrected chi connectivity index (χ1v) is 6.79. The molecule has 21 heavy (non-hydrogen) atoms.